The quantitative estimate of drug-likeness (QED) is 0.482. The molecule has 0 atom stereocenters. The molecule has 1 aliphatic carbocycles. The van der Waals surface area contributed by atoms with Crippen LogP contribution in [-0.2, 0) is 6.54 Å². The van der Waals surface area contributed by atoms with Gasteiger partial charge in [-0.15, -0.1) is 12.4 Å². The second-order valence-corrected chi connectivity index (χ2v) is 5.66. The fraction of sp³-hybridized carbons (Fsp3) is 0.625. The SMILES string of the molecule is COc1cc(CNC2CCCCCC2)c([N+](=O)[O-])cc1OC.Cl. The van der Waals surface area contributed by atoms with Gasteiger partial charge in [0.05, 0.1) is 25.2 Å². The highest BCUT2D eigenvalue weighted by Gasteiger charge is 2.20. The largest absolute Gasteiger partial charge is 0.493 e. The van der Waals surface area contributed by atoms with E-state index in [9.17, 15) is 10.1 Å². The summed E-state index contributed by atoms with van der Waals surface area (Å²) in [5.74, 6) is 0.901. The van der Waals surface area contributed by atoms with Crippen molar-refractivity contribution < 1.29 is 14.4 Å². The average molecular weight is 345 g/mol. The molecule has 130 valence electrons. The molecule has 0 aromatic heterocycles. The van der Waals surface area contributed by atoms with E-state index in [1.54, 1.807) is 6.07 Å². The maximum atomic E-state index is 11.3. The standard InChI is InChI=1S/C16H24N2O4.ClH/c1-21-15-9-12(14(18(19)20)10-16(15)22-2)11-17-13-7-5-3-4-6-8-13;/h9-10,13,17H,3-8,11H2,1-2H3;1H. The number of nitro groups is 1. The monoisotopic (exact) mass is 344 g/mol. The third-order valence-electron chi connectivity index (χ3n) is 4.22. The molecule has 0 saturated heterocycles. The van der Waals surface area contributed by atoms with Crippen LogP contribution in [0.15, 0.2) is 12.1 Å². The van der Waals surface area contributed by atoms with Crippen molar-refractivity contribution in [1.82, 2.24) is 5.32 Å². The van der Waals surface area contributed by atoms with E-state index in [1.165, 1.54) is 46.0 Å². The van der Waals surface area contributed by atoms with Crippen LogP contribution in [0.5, 0.6) is 11.5 Å². The molecule has 1 aliphatic rings. The van der Waals surface area contributed by atoms with Crippen LogP contribution < -0.4 is 14.8 Å². The van der Waals surface area contributed by atoms with E-state index in [0.717, 1.165) is 12.8 Å². The summed E-state index contributed by atoms with van der Waals surface area (Å²) in [5, 5.41) is 14.7. The zero-order valence-electron chi connectivity index (χ0n) is 13.7. The van der Waals surface area contributed by atoms with Crippen molar-refractivity contribution in [2.24, 2.45) is 0 Å². The van der Waals surface area contributed by atoms with E-state index in [1.807, 2.05) is 0 Å². The summed E-state index contributed by atoms with van der Waals surface area (Å²) in [6, 6.07) is 3.57. The van der Waals surface area contributed by atoms with Crippen LogP contribution in [0.3, 0.4) is 0 Å². The van der Waals surface area contributed by atoms with Gasteiger partial charge >= 0.3 is 0 Å². The lowest BCUT2D eigenvalue weighted by molar-refractivity contribution is -0.385. The topological polar surface area (TPSA) is 73.6 Å². The van der Waals surface area contributed by atoms with Gasteiger partial charge in [0.25, 0.3) is 5.69 Å². The Morgan fingerprint density at radius 1 is 1.13 bits per heavy atom. The van der Waals surface area contributed by atoms with Crippen molar-refractivity contribution in [2.75, 3.05) is 14.2 Å². The molecular formula is C16H25ClN2O4. The summed E-state index contributed by atoms with van der Waals surface area (Å²) in [7, 11) is 3.01. The number of nitrogens with zero attached hydrogens (tertiary/aromatic N) is 1. The summed E-state index contributed by atoms with van der Waals surface area (Å²) in [4.78, 5) is 10.9. The molecule has 1 aromatic carbocycles. The molecule has 1 fully saturated rings. The van der Waals surface area contributed by atoms with Crippen molar-refractivity contribution in [3.63, 3.8) is 0 Å². The van der Waals surface area contributed by atoms with Crippen LogP contribution in [0.25, 0.3) is 0 Å². The number of rotatable bonds is 6. The highest BCUT2D eigenvalue weighted by atomic mass is 35.5. The Bertz CT molecular complexity index is 517. The van der Waals surface area contributed by atoms with Crippen LogP contribution in [0.1, 0.15) is 44.1 Å². The molecule has 0 spiro atoms. The van der Waals surface area contributed by atoms with Crippen molar-refractivity contribution >= 4 is 18.1 Å². The van der Waals surface area contributed by atoms with Crippen LogP contribution in [0.4, 0.5) is 5.69 Å². The molecule has 0 heterocycles. The van der Waals surface area contributed by atoms with Crippen LogP contribution >= 0.6 is 12.4 Å². The first-order valence-corrected chi connectivity index (χ1v) is 7.78. The summed E-state index contributed by atoms with van der Waals surface area (Å²) in [5.41, 5.74) is 0.700. The predicted octanol–water partition coefficient (Wildman–Crippen LogP) is 3.85. The first-order valence-electron chi connectivity index (χ1n) is 7.78. The molecule has 7 heteroatoms. The molecule has 2 rings (SSSR count). The summed E-state index contributed by atoms with van der Waals surface area (Å²) in [6.45, 7) is 0.474. The lowest BCUT2D eigenvalue weighted by atomic mass is 10.1. The molecule has 0 aliphatic heterocycles. The van der Waals surface area contributed by atoms with Gasteiger partial charge in [-0.05, 0) is 18.9 Å². The molecule has 0 radical (unpaired) electrons. The van der Waals surface area contributed by atoms with Crippen molar-refractivity contribution in [2.45, 2.75) is 51.1 Å². The van der Waals surface area contributed by atoms with Gasteiger partial charge in [0.2, 0.25) is 0 Å². The number of hydrogen-bond donors (Lipinski definition) is 1. The first kappa shape index (κ1) is 19.5. The molecule has 1 saturated carbocycles. The van der Waals surface area contributed by atoms with Crippen LogP contribution in [0.2, 0.25) is 0 Å². The fourth-order valence-corrected chi connectivity index (χ4v) is 2.96. The van der Waals surface area contributed by atoms with E-state index in [-0.39, 0.29) is 23.0 Å². The Kier molecular flexibility index (Phi) is 8.12. The average Bonchev–Trinajstić information content (AvgIpc) is 2.80. The summed E-state index contributed by atoms with van der Waals surface area (Å²) in [6.07, 6.45) is 7.31. The van der Waals surface area contributed by atoms with Gasteiger partial charge in [-0.3, -0.25) is 10.1 Å². The first-order chi connectivity index (χ1) is 10.7. The van der Waals surface area contributed by atoms with Gasteiger partial charge in [-0.1, -0.05) is 25.7 Å². The normalized spacial score (nSPS) is 15.4. The molecule has 23 heavy (non-hydrogen) atoms. The lowest BCUT2D eigenvalue weighted by Gasteiger charge is -2.17. The second-order valence-electron chi connectivity index (χ2n) is 5.66. The minimum absolute atomic E-state index is 0. The zero-order valence-corrected chi connectivity index (χ0v) is 14.5. The Morgan fingerprint density at radius 3 is 2.22 bits per heavy atom. The van der Waals surface area contributed by atoms with Crippen molar-refractivity contribution in [3.05, 3.63) is 27.8 Å². The summed E-state index contributed by atoms with van der Waals surface area (Å²) < 4.78 is 10.4. The predicted molar refractivity (Wildman–Crippen MR) is 91.8 cm³/mol. The lowest BCUT2D eigenvalue weighted by Crippen LogP contribution is -2.28. The third-order valence-corrected chi connectivity index (χ3v) is 4.22. The van der Waals surface area contributed by atoms with Crippen molar-refractivity contribution in [3.8, 4) is 11.5 Å². The zero-order chi connectivity index (χ0) is 15.9. The van der Waals surface area contributed by atoms with Gasteiger partial charge in [0, 0.05) is 18.2 Å². The maximum Gasteiger partial charge on any atom is 0.277 e. The molecule has 6 nitrogen and oxygen atoms in total. The fourth-order valence-electron chi connectivity index (χ4n) is 2.96. The van der Waals surface area contributed by atoms with E-state index >= 15 is 0 Å². The Balaban J connectivity index is 0.00000264. The van der Waals surface area contributed by atoms with Gasteiger partial charge < -0.3 is 14.8 Å². The number of nitro benzene ring substituents is 1. The number of halogens is 1. The minimum atomic E-state index is -0.369. The van der Waals surface area contributed by atoms with E-state index in [0.29, 0.717) is 29.6 Å². The molecule has 0 unspecified atom stereocenters. The van der Waals surface area contributed by atoms with E-state index in [4.69, 9.17) is 9.47 Å². The van der Waals surface area contributed by atoms with Crippen LogP contribution in [0, 0.1) is 10.1 Å². The Morgan fingerprint density at radius 2 is 1.70 bits per heavy atom. The van der Waals surface area contributed by atoms with Gasteiger partial charge in [0.1, 0.15) is 0 Å². The minimum Gasteiger partial charge on any atom is -0.493 e. The number of ether oxygens (including phenoxy) is 2. The molecule has 1 N–H and O–H groups in total. The van der Waals surface area contributed by atoms with E-state index < -0.39 is 0 Å². The molecule has 0 amide bonds. The highest BCUT2D eigenvalue weighted by Crippen LogP contribution is 2.34. The van der Waals surface area contributed by atoms with Crippen molar-refractivity contribution in [1.29, 1.82) is 0 Å². The van der Waals surface area contributed by atoms with Gasteiger partial charge in [0.15, 0.2) is 11.5 Å². The Hall–Kier alpha value is -1.53. The number of benzene rings is 1. The Labute approximate surface area is 143 Å². The third kappa shape index (κ3) is 5.25. The summed E-state index contributed by atoms with van der Waals surface area (Å²) >= 11 is 0. The number of nitrogens with one attached hydrogen (secondary N) is 1. The number of methoxy groups -OCH3 is 2. The van der Waals surface area contributed by atoms with Gasteiger partial charge in [-0.25, -0.2) is 0 Å². The molecule has 0 bridgehead atoms. The molecule has 1 aromatic rings. The van der Waals surface area contributed by atoms with Crippen LogP contribution in [-0.4, -0.2) is 25.2 Å². The maximum absolute atomic E-state index is 11.3. The number of hydrogen-bond acceptors (Lipinski definition) is 5. The molecular weight excluding hydrogens is 320 g/mol. The second kappa shape index (κ2) is 9.57. The highest BCUT2D eigenvalue weighted by molar-refractivity contribution is 5.85. The smallest absolute Gasteiger partial charge is 0.277 e. The van der Waals surface area contributed by atoms with E-state index in [2.05, 4.69) is 5.32 Å². The van der Waals surface area contributed by atoms with Gasteiger partial charge in [-0.2, -0.15) is 0 Å².